The molecule has 1 atom stereocenters. The molecule has 0 bridgehead atoms. The van der Waals surface area contributed by atoms with Crippen molar-refractivity contribution in [2.75, 3.05) is 19.1 Å². The molecule has 1 aliphatic rings. The number of ether oxygens (including phenoxy) is 3. The minimum atomic E-state index is -0.985. The van der Waals surface area contributed by atoms with E-state index >= 15 is 0 Å². The maximum absolute atomic E-state index is 13.3. The van der Waals surface area contributed by atoms with Gasteiger partial charge in [0, 0.05) is 5.02 Å². The molecule has 1 aliphatic heterocycles. The van der Waals surface area contributed by atoms with E-state index in [1.165, 1.54) is 25.2 Å². The third-order valence-corrected chi connectivity index (χ3v) is 5.98. The Balaban J connectivity index is 2.04. The van der Waals surface area contributed by atoms with Gasteiger partial charge in [-0.05, 0) is 35.9 Å². The van der Waals surface area contributed by atoms with Gasteiger partial charge in [0.05, 0.1) is 43.0 Å². The largest absolute Gasteiger partial charge is 0.466 e. The van der Waals surface area contributed by atoms with Crippen molar-refractivity contribution in [1.82, 2.24) is 0 Å². The van der Waals surface area contributed by atoms with Gasteiger partial charge >= 0.3 is 11.9 Å². The van der Waals surface area contributed by atoms with Gasteiger partial charge < -0.3 is 19.9 Å². The van der Waals surface area contributed by atoms with Crippen LogP contribution in [0.5, 0.6) is 11.5 Å². The second-order valence-corrected chi connectivity index (χ2v) is 8.30. The van der Waals surface area contributed by atoms with Crippen LogP contribution in [0.3, 0.4) is 0 Å². The molecule has 0 amide bonds. The van der Waals surface area contributed by atoms with Gasteiger partial charge in [0.15, 0.2) is 5.75 Å². The lowest BCUT2D eigenvalue weighted by molar-refractivity contribution is -0.139. The van der Waals surface area contributed by atoms with Crippen LogP contribution in [-0.4, -0.2) is 26.2 Å². The minimum Gasteiger partial charge on any atom is -0.466 e. The van der Waals surface area contributed by atoms with Crippen LogP contribution in [0.25, 0.3) is 0 Å². The van der Waals surface area contributed by atoms with Crippen molar-refractivity contribution < 1.29 is 23.8 Å². The number of nitrogens with zero attached hydrogens (tertiary/aromatic N) is 2. The monoisotopic (exact) mass is 515 g/mol. The zero-order valence-corrected chi connectivity index (χ0v) is 20.7. The molecule has 3 aromatic rings. The molecule has 0 spiro atoms. The first-order chi connectivity index (χ1) is 17.9. The lowest BCUT2D eigenvalue weighted by Gasteiger charge is -2.36. The highest BCUT2D eigenvalue weighted by atomic mass is 35.5. The van der Waals surface area contributed by atoms with E-state index < -0.39 is 17.9 Å². The van der Waals surface area contributed by atoms with Gasteiger partial charge in [0.25, 0.3) is 0 Å². The van der Waals surface area contributed by atoms with Crippen molar-refractivity contribution in [3.8, 4) is 17.6 Å². The molecular weight excluding hydrogens is 494 g/mol. The molecule has 186 valence electrons. The van der Waals surface area contributed by atoms with Crippen LogP contribution in [0.15, 0.2) is 102 Å². The molecule has 8 nitrogen and oxygen atoms in total. The topological polar surface area (TPSA) is 115 Å². The molecule has 37 heavy (non-hydrogen) atoms. The summed E-state index contributed by atoms with van der Waals surface area (Å²) in [6.07, 6.45) is 0. The van der Waals surface area contributed by atoms with Gasteiger partial charge in [-0.15, -0.1) is 0 Å². The molecule has 1 heterocycles. The van der Waals surface area contributed by atoms with Gasteiger partial charge in [0.2, 0.25) is 0 Å². The maximum atomic E-state index is 13.3. The summed E-state index contributed by atoms with van der Waals surface area (Å²) in [6, 6.07) is 24.5. The van der Waals surface area contributed by atoms with Gasteiger partial charge in [-0.2, -0.15) is 5.26 Å². The lowest BCUT2D eigenvalue weighted by Crippen LogP contribution is -2.40. The molecule has 2 N–H and O–H groups in total. The van der Waals surface area contributed by atoms with E-state index in [0.29, 0.717) is 16.3 Å². The Kier molecular flexibility index (Phi) is 7.47. The number of para-hydroxylation sites is 1. The van der Waals surface area contributed by atoms with E-state index in [1.807, 2.05) is 6.07 Å². The average Bonchev–Trinajstić information content (AvgIpc) is 2.93. The number of carbonyl (C=O) groups is 2. The third kappa shape index (κ3) is 4.85. The molecule has 9 heteroatoms. The van der Waals surface area contributed by atoms with Crippen LogP contribution in [0.1, 0.15) is 11.5 Å². The summed E-state index contributed by atoms with van der Waals surface area (Å²) in [7, 11) is 2.37. The number of nitrogens with two attached hydrogens (primary N) is 1. The Labute approximate surface area is 218 Å². The minimum absolute atomic E-state index is 0.0323. The number of hydrogen-bond donors (Lipinski definition) is 1. The summed E-state index contributed by atoms with van der Waals surface area (Å²) in [4.78, 5) is 27.8. The first-order valence-corrected chi connectivity index (χ1v) is 11.5. The zero-order chi connectivity index (χ0) is 26.5. The van der Waals surface area contributed by atoms with Crippen molar-refractivity contribution in [1.29, 1.82) is 5.26 Å². The van der Waals surface area contributed by atoms with Crippen molar-refractivity contribution in [3.63, 3.8) is 0 Å². The summed E-state index contributed by atoms with van der Waals surface area (Å²) in [6.45, 7) is 0. The number of carbonyl (C=O) groups excluding carboxylic acids is 2. The first-order valence-electron chi connectivity index (χ1n) is 11.1. The molecule has 4 rings (SSSR count). The average molecular weight is 516 g/mol. The summed E-state index contributed by atoms with van der Waals surface area (Å²) in [5, 5.41) is 10.5. The molecule has 0 aliphatic carbocycles. The van der Waals surface area contributed by atoms with E-state index in [0.717, 1.165) is 0 Å². The number of rotatable bonds is 6. The zero-order valence-electron chi connectivity index (χ0n) is 20.0. The number of benzene rings is 3. The van der Waals surface area contributed by atoms with Gasteiger partial charge in [-0.3, -0.25) is 4.90 Å². The predicted octanol–water partition coefficient (Wildman–Crippen LogP) is 5.03. The number of allylic oxidation sites excluding steroid dienone is 1. The van der Waals surface area contributed by atoms with Gasteiger partial charge in [-0.1, -0.05) is 60.1 Å². The van der Waals surface area contributed by atoms with Crippen molar-refractivity contribution in [3.05, 3.63) is 112 Å². The van der Waals surface area contributed by atoms with Gasteiger partial charge in [-0.25, -0.2) is 9.59 Å². The SMILES string of the molecule is COC(=O)C1=C(C(=O)OC)N(c2cc(Cl)ccc2Oc2ccccc2)C(N)=C(C#N)C1c1ccccc1. The highest BCUT2D eigenvalue weighted by Crippen LogP contribution is 2.46. The lowest BCUT2D eigenvalue weighted by atomic mass is 9.81. The molecule has 0 aromatic heterocycles. The fourth-order valence-corrected chi connectivity index (χ4v) is 4.30. The third-order valence-electron chi connectivity index (χ3n) is 5.74. The van der Waals surface area contributed by atoms with E-state index in [2.05, 4.69) is 6.07 Å². The summed E-state index contributed by atoms with van der Waals surface area (Å²) < 4.78 is 16.2. The smallest absolute Gasteiger partial charge is 0.355 e. The number of anilines is 1. The van der Waals surface area contributed by atoms with Crippen molar-refractivity contribution in [2.24, 2.45) is 5.73 Å². The summed E-state index contributed by atoms with van der Waals surface area (Å²) in [5.41, 5.74) is 7.06. The van der Waals surface area contributed by atoms with Crippen LogP contribution < -0.4 is 15.4 Å². The number of nitriles is 1. The highest BCUT2D eigenvalue weighted by molar-refractivity contribution is 6.31. The number of methoxy groups -OCH3 is 2. The Bertz CT molecular complexity index is 1450. The second kappa shape index (κ2) is 10.9. The number of esters is 2. The van der Waals surface area contributed by atoms with Gasteiger partial charge in [0.1, 0.15) is 17.3 Å². The number of halogens is 1. The number of hydrogen-bond acceptors (Lipinski definition) is 8. The van der Waals surface area contributed by atoms with Crippen molar-refractivity contribution >= 4 is 29.2 Å². The second-order valence-electron chi connectivity index (χ2n) is 7.86. The fraction of sp³-hybridized carbons (Fsp3) is 0.107. The molecular formula is C28H22ClN3O5. The van der Waals surface area contributed by atoms with E-state index in [9.17, 15) is 14.9 Å². The van der Waals surface area contributed by atoms with Crippen LogP contribution in [0.4, 0.5) is 5.69 Å². The van der Waals surface area contributed by atoms with Crippen LogP contribution >= 0.6 is 11.6 Å². The van der Waals surface area contributed by atoms with Crippen LogP contribution in [-0.2, 0) is 19.1 Å². The van der Waals surface area contributed by atoms with E-state index in [-0.39, 0.29) is 34.1 Å². The highest BCUT2D eigenvalue weighted by Gasteiger charge is 2.43. The summed E-state index contributed by atoms with van der Waals surface area (Å²) in [5.74, 6) is -2.00. The Morgan fingerprint density at radius 2 is 1.57 bits per heavy atom. The normalized spacial score (nSPS) is 15.2. The Morgan fingerprint density at radius 1 is 0.946 bits per heavy atom. The first kappa shape index (κ1) is 25.4. The predicted molar refractivity (Wildman–Crippen MR) is 138 cm³/mol. The molecule has 0 saturated carbocycles. The fourth-order valence-electron chi connectivity index (χ4n) is 4.13. The molecule has 0 radical (unpaired) electrons. The van der Waals surface area contributed by atoms with Crippen LogP contribution in [0, 0.1) is 11.3 Å². The molecule has 1 unspecified atom stereocenters. The van der Waals surface area contributed by atoms with Crippen LogP contribution in [0.2, 0.25) is 5.02 Å². The van der Waals surface area contributed by atoms with E-state index in [1.54, 1.807) is 66.7 Å². The summed E-state index contributed by atoms with van der Waals surface area (Å²) >= 11 is 6.34. The molecule has 0 fully saturated rings. The molecule has 3 aromatic carbocycles. The Morgan fingerprint density at radius 3 is 2.16 bits per heavy atom. The van der Waals surface area contributed by atoms with Crippen molar-refractivity contribution in [2.45, 2.75) is 5.92 Å². The Hall–Kier alpha value is -4.74. The molecule has 0 saturated heterocycles. The maximum Gasteiger partial charge on any atom is 0.355 e. The standard InChI is InChI=1S/C28H22ClN3O5/c1-35-27(33)24-23(17-9-5-3-6-10-17)20(16-30)26(31)32(25(24)28(34)36-2)21-15-18(29)13-14-22(21)37-19-11-7-4-8-12-19/h3-15,23H,31H2,1-2H3. The van der Waals surface area contributed by atoms with E-state index in [4.69, 9.17) is 31.5 Å². The quantitative estimate of drug-likeness (QED) is 0.454.